The van der Waals surface area contributed by atoms with Crippen LogP contribution in [0.2, 0.25) is 0 Å². The Hall–Kier alpha value is -2.10. The lowest BCUT2D eigenvalue weighted by atomic mass is 10.2. The number of benzene rings is 1. The maximum Gasteiger partial charge on any atom is 0.222 e. The van der Waals surface area contributed by atoms with Crippen LogP contribution in [0, 0.1) is 0 Å². The lowest BCUT2D eigenvalue weighted by molar-refractivity contribution is 1.07. The first-order valence-corrected chi connectivity index (χ1v) is 5.64. The highest BCUT2D eigenvalue weighted by Crippen LogP contribution is 2.13. The first kappa shape index (κ1) is 11.4. The molecule has 2 N–H and O–H groups in total. The van der Waals surface area contributed by atoms with Gasteiger partial charge in [-0.1, -0.05) is 18.2 Å². The van der Waals surface area contributed by atoms with E-state index in [9.17, 15) is 0 Å². The summed E-state index contributed by atoms with van der Waals surface area (Å²) in [6.45, 7) is 5.67. The molecule has 0 spiro atoms. The van der Waals surface area contributed by atoms with Crippen molar-refractivity contribution in [3.63, 3.8) is 0 Å². The maximum absolute atomic E-state index is 4.37. The summed E-state index contributed by atoms with van der Waals surface area (Å²) in [5.41, 5.74) is 5.91. The predicted octanol–water partition coefficient (Wildman–Crippen LogP) is 3.32. The zero-order valence-corrected chi connectivity index (χ0v) is 9.90. The van der Waals surface area contributed by atoms with E-state index in [1.807, 2.05) is 37.3 Å². The van der Waals surface area contributed by atoms with Crippen LogP contribution in [0.5, 0.6) is 0 Å². The second-order valence-electron chi connectivity index (χ2n) is 3.89. The van der Waals surface area contributed by atoms with Crippen molar-refractivity contribution in [3.05, 3.63) is 36.9 Å². The molecule has 0 saturated heterocycles. The van der Waals surface area contributed by atoms with Gasteiger partial charge < -0.3 is 4.98 Å². The molecule has 0 aliphatic carbocycles. The molecule has 88 valence electrons. The fraction of sp³-hybridized carbons (Fsp3) is 0.231. The van der Waals surface area contributed by atoms with Gasteiger partial charge in [0.05, 0.1) is 11.0 Å². The molecule has 0 saturated carbocycles. The summed E-state index contributed by atoms with van der Waals surface area (Å²) in [5, 5.41) is 4.25. The molecule has 2 rings (SSSR count). The zero-order valence-electron chi connectivity index (χ0n) is 9.90. The summed E-state index contributed by atoms with van der Waals surface area (Å²) < 4.78 is 0. The first-order chi connectivity index (χ1) is 8.29. The Morgan fingerprint density at radius 2 is 2.35 bits per heavy atom. The number of nitrogens with one attached hydrogen (secondary N) is 2. The Morgan fingerprint density at radius 3 is 3.12 bits per heavy atom. The molecular formula is C13H16N4. The molecule has 0 fully saturated rings. The number of fused-ring (bicyclic) bond motifs is 1. The van der Waals surface area contributed by atoms with Crippen molar-refractivity contribution in [1.29, 1.82) is 0 Å². The third-order valence-electron chi connectivity index (χ3n) is 2.45. The van der Waals surface area contributed by atoms with Crippen LogP contribution < -0.4 is 5.43 Å². The van der Waals surface area contributed by atoms with Crippen molar-refractivity contribution in [2.45, 2.75) is 19.8 Å². The minimum Gasteiger partial charge on any atom is -0.323 e. The van der Waals surface area contributed by atoms with E-state index in [0.717, 1.165) is 29.6 Å². The summed E-state index contributed by atoms with van der Waals surface area (Å²) >= 11 is 0. The van der Waals surface area contributed by atoms with Crippen LogP contribution in [-0.2, 0) is 0 Å². The molecule has 1 aromatic carbocycles. The van der Waals surface area contributed by atoms with Gasteiger partial charge in [0.15, 0.2) is 0 Å². The Morgan fingerprint density at radius 1 is 1.53 bits per heavy atom. The Balaban J connectivity index is 2.05. The van der Waals surface area contributed by atoms with Gasteiger partial charge in [0.1, 0.15) is 0 Å². The molecule has 1 heterocycles. The smallest absolute Gasteiger partial charge is 0.222 e. The number of H-pyrrole nitrogens is 1. The molecule has 0 amide bonds. The van der Waals surface area contributed by atoms with E-state index in [0.29, 0.717) is 5.95 Å². The molecule has 0 atom stereocenters. The lowest BCUT2D eigenvalue weighted by Crippen LogP contribution is -1.98. The van der Waals surface area contributed by atoms with Crippen molar-refractivity contribution in [2.24, 2.45) is 5.10 Å². The highest BCUT2D eigenvalue weighted by atomic mass is 15.4. The summed E-state index contributed by atoms with van der Waals surface area (Å²) in [4.78, 5) is 7.53. The topological polar surface area (TPSA) is 53.1 Å². The zero-order chi connectivity index (χ0) is 12.1. The number of allylic oxidation sites excluding steroid dienone is 1. The molecule has 1 aromatic heterocycles. The number of para-hydroxylation sites is 2. The van der Waals surface area contributed by atoms with Crippen molar-refractivity contribution in [2.75, 3.05) is 5.43 Å². The van der Waals surface area contributed by atoms with Crippen molar-refractivity contribution in [3.8, 4) is 0 Å². The Labute approximate surface area is 100 Å². The third kappa shape index (κ3) is 2.93. The van der Waals surface area contributed by atoms with Gasteiger partial charge in [-0.15, -0.1) is 6.58 Å². The standard InChI is InChI=1S/C13H16N4/c1-3-4-7-10(2)16-17-13-14-11-8-5-6-9-12(11)15-13/h3,5-6,8-9H,1,4,7H2,2H3,(H2,14,15,17). The number of aromatic amines is 1. The predicted molar refractivity (Wildman–Crippen MR) is 72.3 cm³/mol. The van der Waals surface area contributed by atoms with Gasteiger partial charge in [-0.25, -0.2) is 10.4 Å². The number of imidazole rings is 1. The Kier molecular flexibility index (Phi) is 3.55. The summed E-state index contributed by atoms with van der Waals surface area (Å²) in [6.07, 6.45) is 3.74. The second kappa shape index (κ2) is 5.30. The van der Waals surface area contributed by atoms with Gasteiger partial charge in [0.25, 0.3) is 0 Å². The van der Waals surface area contributed by atoms with E-state index < -0.39 is 0 Å². The molecule has 0 radical (unpaired) electrons. The number of hydrogen-bond donors (Lipinski definition) is 2. The third-order valence-corrected chi connectivity index (χ3v) is 2.45. The molecule has 0 aliphatic heterocycles. The van der Waals surface area contributed by atoms with Crippen LogP contribution in [0.25, 0.3) is 11.0 Å². The molecule has 4 heteroatoms. The number of rotatable bonds is 5. The highest BCUT2D eigenvalue weighted by Gasteiger charge is 1.99. The fourth-order valence-electron chi connectivity index (χ4n) is 1.52. The SMILES string of the molecule is C=CCCC(C)=NNc1nc2ccccc2[nH]1. The van der Waals surface area contributed by atoms with E-state index in [4.69, 9.17) is 0 Å². The molecular weight excluding hydrogens is 212 g/mol. The van der Waals surface area contributed by atoms with Crippen LogP contribution in [0.1, 0.15) is 19.8 Å². The first-order valence-electron chi connectivity index (χ1n) is 5.64. The van der Waals surface area contributed by atoms with Crippen molar-refractivity contribution < 1.29 is 0 Å². The van der Waals surface area contributed by atoms with Gasteiger partial charge in [0.2, 0.25) is 5.95 Å². The highest BCUT2D eigenvalue weighted by molar-refractivity contribution is 5.83. The van der Waals surface area contributed by atoms with E-state index in [2.05, 4.69) is 27.1 Å². The number of hydrogen-bond acceptors (Lipinski definition) is 3. The maximum atomic E-state index is 4.37. The number of aromatic nitrogens is 2. The molecule has 17 heavy (non-hydrogen) atoms. The van der Waals surface area contributed by atoms with Crippen LogP contribution in [-0.4, -0.2) is 15.7 Å². The normalized spacial score (nSPS) is 11.7. The molecule has 4 nitrogen and oxygen atoms in total. The van der Waals surface area contributed by atoms with Crippen LogP contribution in [0.3, 0.4) is 0 Å². The van der Waals surface area contributed by atoms with Crippen molar-refractivity contribution >= 4 is 22.7 Å². The average Bonchev–Trinajstić information content (AvgIpc) is 2.76. The Bertz CT molecular complexity index is 506. The van der Waals surface area contributed by atoms with Crippen LogP contribution in [0.4, 0.5) is 5.95 Å². The molecule has 0 aliphatic rings. The minimum atomic E-state index is 0.671. The summed E-state index contributed by atoms with van der Waals surface area (Å²) in [5.74, 6) is 0.671. The van der Waals surface area contributed by atoms with E-state index in [1.54, 1.807) is 0 Å². The van der Waals surface area contributed by atoms with Crippen molar-refractivity contribution in [1.82, 2.24) is 9.97 Å². The largest absolute Gasteiger partial charge is 0.323 e. The summed E-state index contributed by atoms with van der Waals surface area (Å²) in [7, 11) is 0. The number of hydrazone groups is 1. The minimum absolute atomic E-state index is 0.671. The number of anilines is 1. The van der Waals surface area contributed by atoms with Gasteiger partial charge in [-0.3, -0.25) is 0 Å². The average molecular weight is 228 g/mol. The monoisotopic (exact) mass is 228 g/mol. The van der Waals surface area contributed by atoms with Gasteiger partial charge >= 0.3 is 0 Å². The molecule has 0 unspecified atom stereocenters. The number of nitrogens with zero attached hydrogens (tertiary/aromatic N) is 2. The van der Waals surface area contributed by atoms with E-state index in [-0.39, 0.29) is 0 Å². The second-order valence-corrected chi connectivity index (χ2v) is 3.89. The molecule has 2 aromatic rings. The van der Waals surface area contributed by atoms with Crippen LogP contribution in [0.15, 0.2) is 42.0 Å². The van der Waals surface area contributed by atoms with Crippen LogP contribution >= 0.6 is 0 Å². The van der Waals surface area contributed by atoms with Gasteiger partial charge in [-0.2, -0.15) is 5.10 Å². The fourth-order valence-corrected chi connectivity index (χ4v) is 1.52. The van der Waals surface area contributed by atoms with E-state index >= 15 is 0 Å². The van der Waals surface area contributed by atoms with E-state index in [1.165, 1.54) is 0 Å². The quantitative estimate of drug-likeness (QED) is 0.468. The van der Waals surface area contributed by atoms with Gasteiger partial charge in [-0.05, 0) is 31.9 Å². The molecule has 0 bridgehead atoms. The lowest BCUT2D eigenvalue weighted by Gasteiger charge is -1.98. The van der Waals surface area contributed by atoms with Gasteiger partial charge in [0, 0.05) is 5.71 Å². The summed E-state index contributed by atoms with van der Waals surface area (Å²) in [6, 6.07) is 7.89.